The Morgan fingerprint density at radius 3 is 1.75 bits per heavy atom. The minimum Gasteiger partial charge on any atom is -0.340 e. The van der Waals surface area contributed by atoms with Gasteiger partial charge in [0.1, 0.15) is 5.82 Å². The maximum absolute atomic E-state index is 12.8. The molecule has 3 N–H and O–H groups in total. The zero-order valence-electron chi connectivity index (χ0n) is 15.0. The molecule has 6 heteroatoms. The lowest BCUT2D eigenvalue weighted by atomic mass is 10.3. The number of amides is 1. The first-order valence-electron chi connectivity index (χ1n) is 8.88. The molecule has 4 rings (SSSR count). The molecule has 0 fully saturated rings. The largest absolute Gasteiger partial charge is 0.348 e. The van der Waals surface area contributed by atoms with Crippen LogP contribution in [0.2, 0.25) is 0 Å². The number of nitrogens with zero attached hydrogens (tertiary/aromatic N) is 2. The van der Waals surface area contributed by atoms with E-state index in [0.717, 1.165) is 11.4 Å². The van der Waals surface area contributed by atoms with Crippen molar-refractivity contribution in [3.05, 3.63) is 97.1 Å². The van der Waals surface area contributed by atoms with E-state index in [-0.39, 0.29) is 6.03 Å². The van der Waals surface area contributed by atoms with Gasteiger partial charge in [0, 0.05) is 23.1 Å². The van der Waals surface area contributed by atoms with Gasteiger partial charge in [-0.25, -0.2) is 4.79 Å². The van der Waals surface area contributed by atoms with Crippen LogP contribution >= 0.6 is 0 Å². The molecule has 0 aliphatic carbocycles. The Hall–Kier alpha value is -4.06. The fraction of sp³-hybridized carbons (Fsp3) is 0. The molecule has 1 aromatic heterocycles. The van der Waals surface area contributed by atoms with Crippen molar-refractivity contribution < 1.29 is 4.79 Å². The Kier molecular flexibility index (Phi) is 5.02. The SMILES string of the molecule is O=C(Nc1ccccc1)n1nc(Nc2ccccc2)cc1Nc1ccccc1. The molecular weight excluding hydrogens is 350 g/mol. The number of anilines is 5. The second-order valence-electron chi connectivity index (χ2n) is 6.10. The van der Waals surface area contributed by atoms with Crippen LogP contribution in [0.5, 0.6) is 0 Å². The van der Waals surface area contributed by atoms with Crippen molar-refractivity contribution in [1.29, 1.82) is 0 Å². The molecule has 1 amide bonds. The monoisotopic (exact) mass is 369 g/mol. The average molecular weight is 369 g/mol. The van der Waals surface area contributed by atoms with Gasteiger partial charge in [0.05, 0.1) is 0 Å². The summed E-state index contributed by atoms with van der Waals surface area (Å²) in [5, 5.41) is 13.7. The number of hydrogen-bond donors (Lipinski definition) is 3. The highest BCUT2D eigenvalue weighted by molar-refractivity contribution is 5.93. The summed E-state index contributed by atoms with van der Waals surface area (Å²) in [6.07, 6.45) is 0. The van der Waals surface area contributed by atoms with E-state index in [1.807, 2.05) is 91.0 Å². The lowest BCUT2D eigenvalue weighted by Crippen LogP contribution is -2.22. The minimum atomic E-state index is -0.356. The maximum Gasteiger partial charge on any atom is 0.348 e. The van der Waals surface area contributed by atoms with Gasteiger partial charge in [0.15, 0.2) is 5.82 Å². The molecule has 1 heterocycles. The first-order valence-corrected chi connectivity index (χ1v) is 8.88. The number of benzene rings is 3. The van der Waals surface area contributed by atoms with E-state index in [1.165, 1.54) is 4.68 Å². The van der Waals surface area contributed by atoms with E-state index in [0.29, 0.717) is 17.3 Å². The quantitative estimate of drug-likeness (QED) is 0.437. The number of rotatable bonds is 5. The standard InChI is InChI=1S/C22H19N5O/c28-22(25-19-14-8-3-9-15-19)27-21(24-18-12-6-2-7-13-18)16-20(26-27)23-17-10-4-1-5-11-17/h1-16,24H,(H,23,26)(H,25,28). The Labute approximate surface area is 162 Å². The molecular formula is C22H19N5O. The van der Waals surface area contributed by atoms with E-state index in [2.05, 4.69) is 21.0 Å². The molecule has 0 spiro atoms. The number of para-hydroxylation sites is 3. The van der Waals surface area contributed by atoms with Gasteiger partial charge < -0.3 is 16.0 Å². The molecule has 3 aromatic carbocycles. The van der Waals surface area contributed by atoms with Gasteiger partial charge in [-0.2, -0.15) is 4.68 Å². The van der Waals surface area contributed by atoms with Crippen molar-refractivity contribution in [2.45, 2.75) is 0 Å². The van der Waals surface area contributed by atoms with E-state index in [1.54, 1.807) is 6.07 Å². The topological polar surface area (TPSA) is 71.0 Å². The molecule has 4 aromatic rings. The Bertz CT molecular complexity index is 1050. The lowest BCUT2D eigenvalue weighted by molar-refractivity contribution is 0.251. The Morgan fingerprint density at radius 1 is 0.679 bits per heavy atom. The van der Waals surface area contributed by atoms with Gasteiger partial charge in [-0.1, -0.05) is 54.6 Å². The van der Waals surface area contributed by atoms with Crippen LogP contribution in [0.4, 0.5) is 33.5 Å². The molecule has 0 bridgehead atoms. The molecule has 0 atom stereocenters. The van der Waals surface area contributed by atoms with Crippen molar-refractivity contribution in [1.82, 2.24) is 9.78 Å². The second-order valence-corrected chi connectivity index (χ2v) is 6.10. The summed E-state index contributed by atoms with van der Waals surface area (Å²) in [6.45, 7) is 0. The molecule has 0 saturated heterocycles. The summed E-state index contributed by atoms with van der Waals surface area (Å²) in [7, 11) is 0. The first-order chi connectivity index (χ1) is 13.8. The van der Waals surface area contributed by atoms with Crippen molar-refractivity contribution in [3.8, 4) is 0 Å². The van der Waals surface area contributed by atoms with Gasteiger partial charge in [-0.05, 0) is 36.4 Å². The van der Waals surface area contributed by atoms with Gasteiger partial charge >= 0.3 is 6.03 Å². The first kappa shape index (κ1) is 17.4. The molecule has 6 nitrogen and oxygen atoms in total. The third-order valence-corrected chi connectivity index (χ3v) is 4.02. The highest BCUT2D eigenvalue weighted by Gasteiger charge is 2.15. The highest BCUT2D eigenvalue weighted by atomic mass is 16.2. The molecule has 0 saturated carbocycles. The molecule has 0 aliphatic heterocycles. The summed E-state index contributed by atoms with van der Waals surface area (Å²) in [5.41, 5.74) is 2.45. The van der Waals surface area contributed by atoms with E-state index in [4.69, 9.17) is 0 Å². The van der Waals surface area contributed by atoms with Gasteiger partial charge in [-0.15, -0.1) is 5.10 Å². The fourth-order valence-corrected chi connectivity index (χ4v) is 2.72. The van der Waals surface area contributed by atoms with Crippen molar-refractivity contribution in [3.63, 3.8) is 0 Å². The van der Waals surface area contributed by atoms with Crippen LogP contribution in [0.1, 0.15) is 0 Å². The fourth-order valence-electron chi connectivity index (χ4n) is 2.72. The minimum absolute atomic E-state index is 0.356. The highest BCUT2D eigenvalue weighted by Crippen LogP contribution is 2.23. The number of carbonyl (C=O) groups is 1. The zero-order chi connectivity index (χ0) is 19.2. The number of hydrogen-bond acceptors (Lipinski definition) is 4. The number of nitrogens with one attached hydrogen (secondary N) is 3. The molecule has 0 aliphatic rings. The molecule has 138 valence electrons. The molecule has 0 radical (unpaired) electrons. The van der Waals surface area contributed by atoms with Crippen LogP contribution in [0.25, 0.3) is 0 Å². The van der Waals surface area contributed by atoms with E-state index >= 15 is 0 Å². The van der Waals surface area contributed by atoms with Gasteiger partial charge in [0.25, 0.3) is 0 Å². The lowest BCUT2D eigenvalue weighted by Gasteiger charge is -2.09. The molecule has 28 heavy (non-hydrogen) atoms. The van der Waals surface area contributed by atoms with Crippen LogP contribution < -0.4 is 16.0 Å². The Balaban J connectivity index is 1.63. The smallest absolute Gasteiger partial charge is 0.340 e. The zero-order valence-corrected chi connectivity index (χ0v) is 15.0. The molecule has 0 unspecified atom stereocenters. The van der Waals surface area contributed by atoms with Crippen LogP contribution in [0.3, 0.4) is 0 Å². The Morgan fingerprint density at radius 2 is 1.18 bits per heavy atom. The summed E-state index contributed by atoms with van der Waals surface area (Å²) >= 11 is 0. The van der Waals surface area contributed by atoms with E-state index in [9.17, 15) is 4.79 Å². The normalized spacial score (nSPS) is 10.3. The van der Waals surface area contributed by atoms with Crippen LogP contribution in [0.15, 0.2) is 97.1 Å². The predicted molar refractivity (Wildman–Crippen MR) is 113 cm³/mol. The third-order valence-electron chi connectivity index (χ3n) is 4.02. The summed E-state index contributed by atoms with van der Waals surface area (Å²) < 4.78 is 1.31. The van der Waals surface area contributed by atoms with Gasteiger partial charge in [0.2, 0.25) is 0 Å². The van der Waals surface area contributed by atoms with Gasteiger partial charge in [-0.3, -0.25) is 0 Å². The maximum atomic E-state index is 12.8. The third kappa shape index (κ3) is 4.19. The number of carbonyl (C=O) groups excluding carboxylic acids is 1. The van der Waals surface area contributed by atoms with E-state index < -0.39 is 0 Å². The van der Waals surface area contributed by atoms with Crippen molar-refractivity contribution in [2.75, 3.05) is 16.0 Å². The predicted octanol–water partition coefficient (Wildman–Crippen LogP) is 5.45. The van der Waals surface area contributed by atoms with Crippen LogP contribution in [-0.2, 0) is 0 Å². The summed E-state index contributed by atoms with van der Waals surface area (Å²) in [4.78, 5) is 12.8. The van der Waals surface area contributed by atoms with Crippen molar-refractivity contribution in [2.24, 2.45) is 0 Å². The second kappa shape index (κ2) is 8.09. The van der Waals surface area contributed by atoms with Crippen molar-refractivity contribution >= 4 is 34.7 Å². The average Bonchev–Trinajstić information content (AvgIpc) is 3.12. The van der Waals surface area contributed by atoms with Crippen LogP contribution in [0, 0.1) is 0 Å². The van der Waals surface area contributed by atoms with Crippen LogP contribution in [-0.4, -0.2) is 15.8 Å². The number of aromatic nitrogens is 2. The summed E-state index contributed by atoms with van der Waals surface area (Å²) in [5.74, 6) is 1.12. The summed E-state index contributed by atoms with van der Waals surface area (Å²) in [6, 6.07) is 30.1.